The third kappa shape index (κ3) is 8.15. The fourth-order valence-electron chi connectivity index (χ4n) is 6.89. The first-order valence-corrected chi connectivity index (χ1v) is 15.7. The molecule has 1 aromatic heterocycles. The lowest BCUT2D eigenvalue weighted by Crippen LogP contribution is -2.14. The Morgan fingerprint density at radius 2 is 1.11 bits per heavy atom. The summed E-state index contributed by atoms with van der Waals surface area (Å²) in [6, 6.07) is 13.7. The van der Waals surface area contributed by atoms with Gasteiger partial charge in [0.15, 0.2) is 0 Å². The van der Waals surface area contributed by atoms with Crippen LogP contribution in [0.15, 0.2) is 36.4 Å². The van der Waals surface area contributed by atoms with Crippen molar-refractivity contribution in [1.29, 1.82) is 0 Å². The Kier molecular flexibility index (Phi) is 11.3. The van der Waals surface area contributed by atoms with Gasteiger partial charge in [-0.1, -0.05) is 102 Å². The van der Waals surface area contributed by atoms with Crippen molar-refractivity contribution in [2.24, 2.45) is 11.8 Å². The van der Waals surface area contributed by atoms with Gasteiger partial charge >= 0.3 is 0 Å². The molecule has 0 amide bonds. The van der Waals surface area contributed by atoms with Crippen molar-refractivity contribution < 1.29 is 0 Å². The van der Waals surface area contributed by atoms with Crippen LogP contribution >= 0.6 is 0 Å². The molecule has 2 nitrogen and oxygen atoms in total. The van der Waals surface area contributed by atoms with E-state index >= 15 is 0 Å². The lowest BCUT2D eigenvalue weighted by molar-refractivity contribution is 0.299. The molecule has 2 aliphatic rings. The zero-order valence-electron chi connectivity index (χ0n) is 23.4. The molecule has 4 rings (SSSR count). The summed E-state index contributed by atoms with van der Waals surface area (Å²) in [6.45, 7) is 4.61. The van der Waals surface area contributed by atoms with Crippen LogP contribution in [-0.2, 0) is 0 Å². The van der Waals surface area contributed by atoms with Crippen molar-refractivity contribution in [2.45, 2.75) is 141 Å². The van der Waals surface area contributed by atoms with Crippen LogP contribution in [0, 0.1) is 11.8 Å². The van der Waals surface area contributed by atoms with E-state index in [1.165, 1.54) is 132 Å². The topological polar surface area (TPSA) is 25.8 Å². The van der Waals surface area contributed by atoms with Crippen molar-refractivity contribution in [3.63, 3.8) is 0 Å². The molecule has 0 saturated heterocycles. The molecule has 0 unspecified atom stereocenters. The normalized spacial score (nSPS) is 24.6. The Bertz CT molecular complexity index is 840. The van der Waals surface area contributed by atoms with Crippen LogP contribution in [0.5, 0.6) is 0 Å². The molecule has 2 saturated carbocycles. The lowest BCUT2D eigenvalue weighted by atomic mass is 9.77. The van der Waals surface area contributed by atoms with Gasteiger partial charge in [0.05, 0.1) is 11.4 Å². The van der Waals surface area contributed by atoms with Gasteiger partial charge in [0.25, 0.3) is 0 Å². The molecule has 1 heterocycles. The van der Waals surface area contributed by atoms with Crippen molar-refractivity contribution >= 4 is 0 Å². The molecule has 36 heavy (non-hydrogen) atoms. The zero-order valence-corrected chi connectivity index (χ0v) is 23.4. The van der Waals surface area contributed by atoms with Crippen LogP contribution < -0.4 is 0 Å². The number of aromatic nitrogens is 2. The van der Waals surface area contributed by atoms with Crippen LogP contribution in [0.3, 0.4) is 0 Å². The van der Waals surface area contributed by atoms with Crippen molar-refractivity contribution in [3.8, 4) is 11.3 Å². The molecular formula is C34H52N2. The molecule has 0 bridgehead atoms. The van der Waals surface area contributed by atoms with Crippen LogP contribution in [0.1, 0.15) is 153 Å². The summed E-state index contributed by atoms with van der Waals surface area (Å²) >= 11 is 0. The van der Waals surface area contributed by atoms with Crippen molar-refractivity contribution in [1.82, 2.24) is 10.2 Å². The molecule has 2 heteroatoms. The SMILES string of the molecule is CCCCCCC[C@H]1CC[C@H](c2ccc(-c3ccc([C@H]4CC[C@H](CCCCC)CC4)nn3)cc2)CC1. The maximum atomic E-state index is 4.69. The molecule has 0 aliphatic heterocycles. The molecular weight excluding hydrogens is 436 g/mol. The number of benzene rings is 1. The largest absolute Gasteiger partial charge is 0.155 e. The second-order valence-corrected chi connectivity index (χ2v) is 12.1. The quantitative estimate of drug-likeness (QED) is 0.262. The number of hydrogen-bond donors (Lipinski definition) is 0. The summed E-state index contributed by atoms with van der Waals surface area (Å²) in [4.78, 5) is 0. The molecule has 2 aliphatic carbocycles. The minimum atomic E-state index is 0.614. The summed E-state index contributed by atoms with van der Waals surface area (Å²) in [5.41, 5.74) is 4.97. The van der Waals surface area contributed by atoms with E-state index in [2.05, 4.69) is 55.3 Å². The van der Waals surface area contributed by atoms with E-state index in [1.807, 2.05) is 0 Å². The van der Waals surface area contributed by atoms with E-state index < -0.39 is 0 Å². The van der Waals surface area contributed by atoms with Crippen LogP contribution in [0.2, 0.25) is 0 Å². The molecule has 2 aromatic rings. The monoisotopic (exact) mass is 488 g/mol. The standard InChI is InChI=1S/C34H52N2/c1-3-5-7-8-10-12-28-13-17-29(18-14-28)30-21-23-32(24-22-30)34-26-25-33(35-36-34)31-19-15-27(16-20-31)11-9-6-4-2/h21-29,31H,3-20H2,1-2H3/t27-,28-,29-,31-. The van der Waals surface area contributed by atoms with Gasteiger partial charge in [-0.2, -0.15) is 10.2 Å². The minimum Gasteiger partial charge on any atom is -0.155 e. The number of nitrogens with zero attached hydrogens (tertiary/aromatic N) is 2. The maximum Gasteiger partial charge on any atom is 0.0929 e. The Hall–Kier alpha value is -1.70. The van der Waals surface area contributed by atoms with Gasteiger partial charge in [-0.15, -0.1) is 0 Å². The van der Waals surface area contributed by atoms with E-state index in [0.717, 1.165) is 23.4 Å². The van der Waals surface area contributed by atoms with Gasteiger partial charge < -0.3 is 0 Å². The third-order valence-electron chi connectivity index (χ3n) is 9.41. The molecule has 0 N–H and O–H groups in total. The molecule has 0 spiro atoms. The van der Waals surface area contributed by atoms with Crippen molar-refractivity contribution in [3.05, 3.63) is 47.7 Å². The van der Waals surface area contributed by atoms with Crippen LogP contribution in [0.25, 0.3) is 11.3 Å². The van der Waals surface area contributed by atoms with E-state index in [-0.39, 0.29) is 0 Å². The fraction of sp³-hybridized carbons (Fsp3) is 0.706. The van der Waals surface area contributed by atoms with Gasteiger partial charge in [0.2, 0.25) is 0 Å². The highest BCUT2D eigenvalue weighted by Gasteiger charge is 2.24. The second-order valence-electron chi connectivity index (χ2n) is 12.1. The van der Waals surface area contributed by atoms with E-state index in [0.29, 0.717) is 5.92 Å². The highest BCUT2D eigenvalue weighted by atomic mass is 15.1. The number of hydrogen-bond acceptors (Lipinski definition) is 2. The van der Waals surface area contributed by atoms with E-state index in [9.17, 15) is 0 Å². The number of rotatable bonds is 13. The first-order valence-electron chi connectivity index (χ1n) is 15.7. The minimum absolute atomic E-state index is 0.614. The average molecular weight is 489 g/mol. The first-order chi connectivity index (χ1) is 17.8. The zero-order chi connectivity index (χ0) is 25.0. The first kappa shape index (κ1) is 27.3. The molecule has 1 aromatic carbocycles. The Morgan fingerprint density at radius 1 is 0.556 bits per heavy atom. The van der Waals surface area contributed by atoms with E-state index in [4.69, 9.17) is 5.10 Å². The van der Waals surface area contributed by atoms with Gasteiger partial charge in [0, 0.05) is 11.5 Å². The van der Waals surface area contributed by atoms with Crippen LogP contribution in [-0.4, -0.2) is 10.2 Å². The molecule has 198 valence electrons. The highest BCUT2D eigenvalue weighted by Crippen LogP contribution is 2.39. The Morgan fingerprint density at radius 3 is 1.69 bits per heavy atom. The predicted octanol–water partition coefficient (Wildman–Crippen LogP) is 10.6. The van der Waals surface area contributed by atoms with Gasteiger partial charge in [0.1, 0.15) is 0 Å². The molecule has 0 atom stereocenters. The third-order valence-corrected chi connectivity index (χ3v) is 9.41. The summed E-state index contributed by atoms with van der Waals surface area (Å²) < 4.78 is 0. The summed E-state index contributed by atoms with van der Waals surface area (Å²) in [6.07, 6.45) is 25.1. The smallest absolute Gasteiger partial charge is 0.0929 e. The fourth-order valence-corrected chi connectivity index (χ4v) is 6.89. The van der Waals surface area contributed by atoms with Gasteiger partial charge in [-0.3, -0.25) is 0 Å². The predicted molar refractivity (Wildman–Crippen MR) is 154 cm³/mol. The van der Waals surface area contributed by atoms with Gasteiger partial charge in [-0.25, -0.2) is 0 Å². The second kappa shape index (κ2) is 14.9. The van der Waals surface area contributed by atoms with Gasteiger partial charge in [-0.05, 0) is 86.8 Å². The average Bonchev–Trinajstić information content (AvgIpc) is 2.94. The summed E-state index contributed by atoms with van der Waals surface area (Å²) in [5.74, 6) is 3.29. The maximum absolute atomic E-state index is 4.69. The molecule has 2 fully saturated rings. The summed E-state index contributed by atoms with van der Waals surface area (Å²) in [7, 11) is 0. The Balaban J connectivity index is 1.21. The number of unbranched alkanes of at least 4 members (excludes halogenated alkanes) is 6. The lowest BCUT2D eigenvalue weighted by Gasteiger charge is -2.29. The molecule has 0 radical (unpaired) electrons. The van der Waals surface area contributed by atoms with Crippen LogP contribution in [0.4, 0.5) is 0 Å². The van der Waals surface area contributed by atoms with E-state index in [1.54, 1.807) is 0 Å². The Labute approximate surface area is 222 Å². The van der Waals surface area contributed by atoms with Crippen molar-refractivity contribution in [2.75, 3.05) is 0 Å². The highest BCUT2D eigenvalue weighted by molar-refractivity contribution is 5.59. The summed E-state index contributed by atoms with van der Waals surface area (Å²) in [5, 5.41) is 9.34.